The minimum absolute atomic E-state index is 0.0181. The van der Waals surface area contributed by atoms with Crippen LogP contribution in [0.1, 0.15) is 21.5 Å². The first-order valence-electron chi connectivity index (χ1n) is 6.53. The van der Waals surface area contributed by atoms with Gasteiger partial charge in [0.05, 0.1) is 28.3 Å². The molecule has 2 N–H and O–H groups in total. The van der Waals surface area contributed by atoms with Crippen molar-refractivity contribution in [2.45, 2.75) is 0 Å². The normalized spacial score (nSPS) is 10.4. The summed E-state index contributed by atoms with van der Waals surface area (Å²) in [6, 6.07) is 7.14. The van der Waals surface area contributed by atoms with E-state index < -0.39 is 28.1 Å². The summed E-state index contributed by atoms with van der Waals surface area (Å²) >= 11 is 5.71. The molecule has 25 heavy (non-hydrogen) atoms. The van der Waals surface area contributed by atoms with Crippen LogP contribution in [0.25, 0.3) is 0 Å². The van der Waals surface area contributed by atoms with Crippen LogP contribution in [-0.4, -0.2) is 22.2 Å². The predicted molar refractivity (Wildman–Crippen MR) is 85.9 cm³/mol. The molecule has 0 fully saturated rings. The number of halogens is 2. The van der Waals surface area contributed by atoms with Gasteiger partial charge >= 0.3 is 5.69 Å². The smallest absolute Gasteiger partial charge is 0.312 e. The van der Waals surface area contributed by atoms with Crippen LogP contribution >= 0.6 is 11.6 Å². The Morgan fingerprint density at radius 2 is 2.16 bits per heavy atom. The Morgan fingerprint density at radius 1 is 1.44 bits per heavy atom. The van der Waals surface area contributed by atoms with Crippen LogP contribution < -0.4 is 5.43 Å². The first-order chi connectivity index (χ1) is 11.8. The van der Waals surface area contributed by atoms with E-state index in [4.69, 9.17) is 16.9 Å². The van der Waals surface area contributed by atoms with Gasteiger partial charge in [-0.05, 0) is 24.3 Å². The average molecular weight is 363 g/mol. The number of phenols is 1. The molecular formula is C15H8ClFN4O4. The van der Waals surface area contributed by atoms with Gasteiger partial charge in [0.15, 0.2) is 0 Å². The van der Waals surface area contributed by atoms with Gasteiger partial charge in [0.1, 0.15) is 5.82 Å². The first kappa shape index (κ1) is 17.8. The molecule has 2 aromatic rings. The van der Waals surface area contributed by atoms with Gasteiger partial charge in [-0.15, -0.1) is 0 Å². The van der Waals surface area contributed by atoms with Gasteiger partial charge < -0.3 is 5.11 Å². The molecule has 8 nitrogen and oxygen atoms in total. The lowest BCUT2D eigenvalue weighted by Gasteiger charge is -2.03. The first-order valence-corrected chi connectivity index (χ1v) is 6.91. The molecule has 0 radical (unpaired) electrons. The Labute approximate surface area is 144 Å². The SMILES string of the molecule is N#Cc1ccc(C(=O)N/N=C\c2cc(Cl)cc([N+](=O)[O-])c2O)c(F)c1. The maximum absolute atomic E-state index is 13.7. The lowest BCUT2D eigenvalue weighted by molar-refractivity contribution is -0.385. The van der Waals surface area contributed by atoms with Crippen molar-refractivity contribution < 1.29 is 19.2 Å². The van der Waals surface area contributed by atoms with Gasteiger partial charge in [-0.25, -0.2) is 9.82 Å². The van der Waals surface area contributed by atoms with Gasteiger partial charge in [-0.3, -0.25) is 14.9 Å². The maximum Gasteiger partial charge on any atom is 0.312 e. The fraction of sp³-hybridized carbons (Fsp3) is 0. The Kier molecular flexibility index (Phi) is 5.26. The van der Waals surface area contributed by atoms with Crippen molar-refractivity contribution in [3.63, 3.8) is 0 Å². The van der Waals surface area contributed by atoms with Crippen molar-refractivity contribution in [3.8, 4) is 11.8 Å². The molecule has 0 aromatic heterocycles. The molecule has 0 unspecified atom stereocenters. The third-order valence-electron chi connectivity index (χ3n) is 2.99. The van der Waals surface area contributed by atoms with Crippen molar-refractivity contribution >= 4 is 29.4 Å². The van der Waals surface area contributed by atoms with Crippen molar-refractivity contribution in [3.05, 3.63) is 68.0 Å². The molecule has 0 aliphatic carbocycles. The summed E-state index contributed by atoms with van der Waals surface area (Å²) in [6.45, 7) is 0. The monoisotopic (exact) mass is 362 g/mol. The summed E-state index contributed by atoms with van der Waals surface area (Å²) in [7, 11) is 0. The van der Waals surface area contributed by atoms with Gasteiger partial charge in [0, 0.05) is 16.7 Å². The van der Waals surface area contributed by atoms with E-state index in [0.717, 1.165) is 24.4 Å². The number of hydrazone groups is 1. The van der Waals surface area contributed by atoms with Crippen LogP contribution in [0.3, 0.4) is 0 Å². The van der Waals surface area contributed by atoms with Crippen molar-refractivity contribution in [2.24, 2.45) is 5.10 Å². The fourth-order valence-corrected chi connectivity index (χ4v) is 2.05. The van der Waals surface area contributed by atoms with Gasteiger partial charge in [0.2, 0.25) is 5.75 Å². The van der Waals surface area contributed by atoms with Crippen LogP contribution in [0.15, 0.2) is 35.4 Å². The molecule has 0 heterocycles. The number of nitrogens with zero attached hydrogens (tertiary/aromatic N) is 3. The van der Waals surface area contributed by atoms with Crippen LogP contribution in [0, 0.1) is 27.3 Å². The summed E-state index contributed by atoms with van der Waals surface area (Å²) in [5.74, 6) is -2.50. The van der Waals surface area contributed by atoms with E-state index in [1.54, 1.807) is 6.07 Å². The summed E-state index contributed by atoms with van der Waals surface area (Å²) in [5.41, 5.74) is 0.967. The number of nitriles is 1. The predicted octanol–water partition coefficient (Wildman–Crippen LogP) is 2.73. The van der Waals surface area contributed by atoms with E-state index in [0.29, 0.717) is 0 Å². The highest BCUT2D eigenvalue weighted by Crippen LogP contribution is 2.32. The van der Waals surface area contributed by atoms with Crippen LogP contribution in [-0.2, 0) is 0 Å². The summed E-state index contributed by atoms with van der Waals surface area (Å²) < 4.78 is 13.7. The largest absolute Gasteiger partial charge is 0.502 e. The molecule has 0 spiro atoms. The van der Waals surface area contributed by atoms with E-state index >= 15 is 0 Å². The zero-order valence-corrected chi connectivity index (χ0v) is 13.0. The number of carbonyl (C=O) groups excluding carboxylic acids is 1. The Morgan fingerprint density at radius 3 is 2.76 bits per heavy atom. The molecule has 10 heteroatoms. The number of rotatable bonds is 4. The highest BCUT2D eigenvalue weighted by Gasteiger charge is 2.18. The topological polar surface area (TPSA) is 129 Å². The number of nitrogens with one attached hydrogen (secondary N) is 1. The van der Waals surface area contributed by atoms with Crippen LogP contribution in [0.2, 0.25) is 5.02 Å². The number of amides is 1. The standard InChI is InChI=1S/C15H8ClFN4O4/c16-10-4-9(14(22)13(5-10)21(24)25)7-19-20-15(23)11-2-1-8(6-18)3-12(11)17/h1-5,7,22H,(H,20,23)/b19-7-. The molecule has 1 amide bonds. The maximum atomic E-state index is 13.7. The van der Waals surface area contributed by atoms with Gasteiger partial charge in [0.25, 0.3) is 5.91 Å². The zero-order chi connectivity index (χ0) is 18.6. The van der Waals surface area contributed by atoms with Gasteiger partial charge in [-0.2, -0.15) is 10.4 Å². The average Bonchev–Trinajstić information content (AvgIpc) is 2.56. The van der Waals surface area contributed by atoms with Gasteiger partial charge in [-0.1, -0.05) is 11.6 Å². The Bertz CT molecular complexity index is 940. The molecule has 0 saturated heterocycles. The van der Waals surface area contributed by atoms with E-state index in [-0.39, 0.29) is 21.7 Å². The second-order valence-corrected chi connectivity index (χ2v) is 5.06. The lowest BCUT2D eigenvalue weighted by atomic mass is 10.1. The van der Waals surface area contributed by atoms with Crippen molar-refractivity contribution in [2.75, 3.05) is 0 Å². The second kappa shape index (κ2) is 7.37. The minimum atomic E-state index is -0.909. The molecule has 0 bridgehead atoms. The molecule has 2 aromatic carbocycles. The molecule has 0 saturated carbocycles. The highest BCUT2D eigenvalue weighted by atomic mass is 35.5. The molecule has 0 aliphatic rings. The molecule has 2 rings (SSSR count). The third-order valence-corrected chi connectivity index (χ3v) is 3.21. The highest BCUT2D eigenvalue weighted by molar-refractivity contribution is 6.31. The number of carbonyl (C=O) groups is 1. The van der Waals surface area contributed by atoms with Crippen LogP contribution in [0.4, 0.5) is 10.1 Å². The van der Waals surface area contributed by atoms with Crippen molar-refractivity contribution in [1.82, 2.24) is 5.43 Å². The number of hydrogen-bond donors (Lipinski definition) is 2. The number of phenolic OH excluding ortho intramolecular Hbond substituents is 1. The third kappa shape index (κ3) is 4.07. The van der Waals surface area contributed by atoms with Crippen molar-refractivity contribution in [1.29, 1.82) is 5.26 Å². The Hall–Kier alpha value is -3.51. The number of benzene rings is 2. The molecule has 0 atom stereocenters. The Balaban J connectivity index is 2.20. The summed E-state index contributed by atoms with van der Waals surface area (Å²) in [5, 5.41) is 32.7. The van der Waals surface area contributed by atoms with E-state index in [2.05, 4.69) is 5.10 Å². The van der Waals surface area contributed by atoms with E-state index in [1.165, 1.54) is 12.1 Å². The molecule has 0 aliphatic heterocycles. The van der Waals surface area contributed by atoms with Crippen LogP contribution in [0.5, 0.6) is 5.75 Å². The van der Waals surface area contributed by atoms with E-state index in [9.17, 15) is 24.4 Å². The second-order valence-electron chi connectivity index (χ2n) is 4.63. The minimum Gasteiger partial charge on any atom is -0.502 e. The number of nitro groups is 1. The molecular weight excluding hydrogens is 355 g/mol. The fourth-order valence-electron chi connectivity index (χ4n) is 1.83. The quantitative estimate of drug-likeness (QED) is 0.491. The summed E-state index contributed by atoms with van der Waals surface area (Å²) in [6.07, 6.45) is 0.924. The number of aromatic hydroxyl groups is 1. The number of hydrogen-bond acceptors (Lipinski definition) is 6. The lowest BCUT2D eigenvalue weighted by Crippen LogP contribution is -2.19. The summed E-state index contributed by atoms with van der Waals surface area (Å²) in [4.78, 5) is 21.8. The van der Waals surface area contributed by atoms with E-state index in [1.807, 2.05) is 5.43 Å². The zero-order valence-electron chi connectivity index (χ0n) is 12.2. The number of nitro benzene ring substituents is 1. The molecule has 126 valence electrons.